The van der Waals surface area contributed by atoms with Crippen LogP contribution in [-0.4, -0.2) is 58.8 Å². The average molecular weight is 333 g/mol. The summed E-state index contributed by atoms with van der Waals surface area (Å²) in [7, 11) is 0. The summed E-state index contributed by atoms with van der Waals surface area (Å²) in [6, 6.07) is 2.39. The van der Waals surface area contributed by atoms with E-state index >= 15 is 0 Å². The Labute approximate surface area is 131 Å². The Bertz CT molecular complexity index is 570. The molecule has 1 amide bonds. The van der Waals surface area contributed by atoms with Crippen LogP contribution in [0, 0.1) is 0 Å². The summed E-state index contributed by atoms with van der Waals surface area (Å²) in [4.78, 5) is 15.9. The number of anilines is 1. The SMILES string of the molecule is CCN1CCN(C(=O)c2cc(N(O)O)ccc2C(F)(F)F)CC1. The van der Waals surface area contributed by atoms with Crippen LogP contribution in [0.3, 0.4) is 0 Å². The van der Waals surface area contributed by atoms with E-state index in [1.54, 1.807) is 0 Å². The minimum atomic E-state index is -4.70. The van der Waals surface area contributed by atoms with Crippen molar-refractivity contribution in [3.8, 4) is 0 Å². The van der Waals surface area contributed by atoms with Crippen LogP contribution in [0.4, 0.5) is 18.9 Å². The Balaban J connectivity index is 2.32. The van der Waals surface area contributed by atoms with E-state index in [1.807, 2.05) is 6.92 Å². The first-order valence-electron chi connectivity index (χ1n) is 7.14. The molecule has 0 bridgehead atoms. The lowest BCUT2D eigenvalue weighted by Gasteiger charge is -2.34. The lowest BCUT2D eigenvalue weighted by Crippen LogP contribution is -2.48. The minimum absolute atomic E-state index is 0.312. The van der Waals surface area contributed by atoms with Crippen LogP contribution in [0.2, 0.25) is 0 Å². The van der Waals surface area contributed by atoms with Gasteiger partial charge in [-0.05, 0) is 24.7 Å². The molecule has 128 valence electrons. The molecule has 0 atom stereocenters. The van der Waals surface area contributed by atoms with E-state index < -0.39 is 23.2 Å². The largest absolute Gasteiger partial charge is 0.417 e. The number of likely N-dealkylation sites (N-methyl/N-ethyl adjacent to an activating group) is 1. The zero-order chi connectivity index (χ0) is 17.2. The molecule has 6 nitrogen and oxygen atoms in total. The topological polar surface area (TPSA) is 67.2 Å². The lowest BCUT2D eigenvalue weighted by atomic mass is 10.0. The Morgan fingerprint density at radius 3 is 2.30 bits per heavy atom. The summed E-state index contributed by atoms with van der Waals surface area (Å²) < 4.78 is 39.3. The molecule has 1 aromatic carbocycles. The molecule has 9 heteroatoms. The van der Waals surface area contributed by atoms with E-state index in [4.69, 9.17) is 10.4 Å². The fraction of sp³-hybridized carbons (Fsp3) is 0.500. The van der Waals surface area contributed by atoms with Gasteiger partial charge in [-0.1, -0.05) is 6.92 Å². The van der Waals surface area contributed by atoms with Gasteiger partial charge in [0.05, 0.1) is 16.8 Å². The van der Waals surface area contributed by atoms with Crippen LogP contribution in [0.15, 0.2) is 18.2 Å². The van der Waals surface area contributed by atoms with Crippen molar-refractivity contribution in [1.82, 2.24) is 9.80 Å². The number of nitrogens with zero attached hydrogens (tertiary/aromatic N) is 3. The smallest absolute Gasteiger partial charge is 0.336 e. The zero-order valence-electron chi connectivity index (χ0n) is 12.5. The highest BCUT2D eigenvalue weighted by Gasteiger charge is 2.37. The number of hydrogen-bond donors (Lipinski definition) is 2. The average Bonchev–Trinajstić information content (AvgIpc) is 2.52. The molecule has 2 rings (SSSR count). The van der Waals surface area contributed by atoms with Gasteiger partial charge in [0.15, 0.2) is 0 Å². The van der Waals surface area contributed by atoms with Gasteiger partial charge < -0.3 is 9.80 Å². The van der Waals surface area contributed by atoms with E-state index in [0.29, 0.717) is 32.2 Å². The number of carbonyl (C=O) groups is 1. The fourth-order valence-electron chi connectivity index (χ4n) is 2.52. The summed E-state index contributed by atoms with van der Waals surface area (Å²) >= 11 is 0. The minimum Gasteiger partial charge on any atom is -0.336 e. The standard InChI is InChI=1S/C14H18F3N3O3/c1-2-18-5-7-19(8-6-18)13(21)11-9-10(20(22)23)3-4-12(11)14(15,16)17/h3-4,9,22-23H,2,5-8H2,1H3. The number of carbonyl (C=O) groups excluding carboxylic acids is 1. The molecular weight excluding hydrogens is 315 g/mol. The molecule has 0 aromatic heterocycles. The number of rotatable bonds is 3. The third-order valence-corrected chi connectivity index (χ3v) is 3.88. The maximum Gasteiger partial charge on any atom is 0.417 e. The Morgan fingerprint density at radius 2 is 1.83 bits per heavy atom. The third kappa shape index (κ3) is 3.92. The van der Waals surface area contributed by atoms with Crippen molar-refractivity contribution in [3.05, 3.63) is 29.3 Å². The maximum absolute atomic E-state index is 13.1. The molecule has 23 heavy (non-hydrogen) atoms. The summed E-state index contributed by atoms with van der Waals surface area (Å²) in [5, 5.41) is 17.6. The van der Waals surface area contributed by atoms with Crippen LogP contribution >= 0.6 is 0 Å². The van der Waals surface area contributed by atoms with Gasteiger partial charge in [0.25, 0.3) is 5.91 Å². The van der Waals surface area contributed by atoms with Gasteiger partial charge in [-0.3, -0.25) is 15.2 Å². The van der Waals surface area contributed by atoms with Crippen molar-refractivity contribution in [2.45, 2.75) is 13.1 Å². The van der Waals surface area contributed by atoms with Crippen LogP contribution in [-0.2, 0) is 6.18 Å². The zero-order valence-corrected chi connectivity index (χ0v) is 12.5. The van der Waals surface area contributed by atoms with E-state index in [9.17, 15) is 18.0 Å². The van der Waals surface area contributed by atoms with Crippen molar-refractivity contribution in [2.24, 2.45) is 0 Å². The van der Waals surface area contributed by atoms with Gasteiger partial charge in [0.1, 0.15) is 0 Å². The number of benzene rings is 1. The maximum atomic E-state index is 13.1. The Morgan fingerprint density at radius 1 is 1.22 bits per heavy atom. The van der Waals surface area contributed by atoms with Gasteiger partial charge in [-0.15, -0.1) is 5.23 Å². The highest BCUT2D eigenvalue weighted by molar-refractivity contribution is 5.97. The summed E-state index contributed by atoms with van der Waals surface area (Å²) in [6.07, 6.45) is -4.70. The predicted molar refractivity (Wildman–Crippen MR) is 75.5 cm³/mol. The molecule has 0 spiro atoms. The summed E-state index contributed by atoms with van der Waals surface area (Å²) in [5.41, 5.74) is -1.99. The second-order valence-electron chi connectivity index (χ2n) is 5.24. The van der Waals surface area contributed by atoms with E-state index in [-0.39, 0.29) is 10.9 Å². The molecule has 1 saturated heterocycles. The van der Waals surface area contributed by atoms with Crippen LogP contribution < -0.4 is 5.23 Å². The summed E-state index contributed by atoms with van der Waals surface area (Å²) in [5.74, 6) is -0.767. The molecule has 1 aliphatic rings. The van der Waals surface area contributed by atoms with Crippen molar-refractivity contribution in [2.75, 3.05) is 38.0 Å². The Kier molecular flexibility index (Phi) is 5.12. The molecule has 0 radical (unpaired) electrons. The second-order valence-corrected chi connectivity index (χ2v) is 5.24. The molecule has 1 heterocycles. The van der Waals surface area contributed by atoms with Gasteiger partial charge in [0, 0.05) is 26.2 Å². The van der Waals surface area contributed by atoms with Gasteiger partial charge >= 0.3 is 6.18 Å². The van der Waals surface area contributed by atoms with Crippen molar-refractivity contribution in [3.63, 3.8) is 0 Å². The van der Waals surface area contributed by atoms with Crippen molar-refractivity contribution < 1.29 is 28.4 Å². The van der Waals surface area contributed by atoms with Gasteiger partial charge in [0.2, 0.25) is 0 Å². The van der Waals surface area contributed by atoms with Crippen LogP contribution in [0.1, 0.15) is 22.8 Å². The number of alkyl halides is 3. The number of hydrogen-bond acceptors (Lipinski definition) is 5. The monoisotopic (exact) mass is 333 g/mol. The molecular formula is C14H18F3N3O3. The first-order valence-corrected chi connectivity index (χ1v) is 7.14. The third-order valence-electron chi connectivity index (χ3n) is 3.88. The van der Waals surface area contributed by atoms with E-state index in [2.05, 4.69) is 4.90 Å². The molecule has 1 fully saturated rings. The van der Waals surface area contributed by atoms with Crippen molar-refractivity contribution >= 4 is 11.6 Å². The summed E-state index contributed by atoms with van der Waals surface area (Å²) in [6.45, 7) is 4.63. The predicted octanol–water partition coefficient (Wildman–Crippen LogP) is 2.07. The number of halogens is 3. The van der Waals surface area contributed by atoms with Gasteiger partial charge in [-0.2, -0.15) is 13.2 Å². The van der Waals surface area contributed by atoms with E-state index in [0.717, 1.165) is 18.7 Å². The van der Waals surface area contributed by atoms with Crippen LogP contribution in [0.25, 0.3) is 0 Å². The highest BCUT2D eigenvalue weighted by atomic mass is 19.4. The molecule has 1 aromatic rings. The number of amides is 1. The quantitative estimate of drug-likeness (QED) is 0.829. The molecule has 0 unspecified atom stereocenters. The number of piperazine rings is 1. The second kappa shape index (κ2) is 6.73. The van der Waals surface area contributed by atoms with Gasteiger partial charge in [-0.25, -0.2) is 0 Å². The highest BCUT2D eigenvalue weighted by Crippen LogP contribution is 2.34. The molecule has 2 N–H and O–H groups in total. The normalized spacial score (nSPS) is 16.5. The Hall–Kier alpha value is -1.84. The molecule has 0 aliphatic carbocycles. The molecule has 0 saturated carbocycles. The molecule has 1 aliphatic heterocycles. The first kappa shape index (κ1) is 17.5. The lowest BCUT2D eigenvalue weighted by molar-refractivity contribution is -0.138. The first-order chi connectivity index (χ1) is 10.7. The van der Waals surface area contributed by atoms with E-state index in [1.165, 1.54) is 4.90 Å². The fourth-order valence-corrected chi connectivity index (χ4v) is 2.52. The van der Waals surface area contributed by atoms with Crippen molar-refractivity contribution in [1.29, 1.82) is 0 Å². The van der Waals surface area contributed by atoms with Crippen LogP contribution in [0.5, 0.6) is 0 Å².